The van der Waals surface area contributed by atoms with Gasteiger partial charge in [0.1, 0.15) is 11.6 Å². The van der Waals surface area contributed by atoms with Crippen molar-refractivity contribution in [3.63, 3.8) is 0 Å². The van der Waals surface area contributed by atoms with E-state index < -0.39 is 23.5 Å². The number of nitrogens with one attached hydrogen (secondary N) is 3. The first-order chi connectivity index (χ1) is 13.0. The smallest absolute Gasteiger partial charge is 0.329 e. The summed E-state index contributed by atoms with van der Waals surface area (Å²) in [7, 11) is 1.33. The molecule has 0 aromatic heterocycles. The van der Waals surface area contributed by atoms with Crippen LogP contribution >= 0.6 is 0 Å². The van der Waals surface area contributed by atoms with E-state index >= 15 is 0 Å². The lowest BCUT2D eigenvalue weighted by molar-refractivity contribution is -0.138. The van der Waals surface area contributed by atoms with Gasteiger partial charge < -0.3 is 15.4 Å². The van der Waals surface area contributed by atoms with E-state index in [0.29, 0.717) is 17.0 Å². The van der Waals surface area contributed by atoms with Crippen LogP contribution in [-0.4, -0.2) is 37.6 Å². The molecule has 8 nitrogen and oxygen atoms in total. The fraction of sp³-hybridized carbons (Fsp3) is 0.111. The van der Waals surface area contributed by atoms with E-state index in [1.54, 1.807) is 24.3 Å². The molecule has 27 heavy (non-hydrogen) atoms. The van der Waals surface area contributed by atoms with Crippen molar-refractivity contribution in [1.29, 1.82) is 0 Å². The van der Waals surface area contributed by atoms with Gasteiger partial charge in [-0.3, -0.25) is 14.4 Å². The maximum atomic E-state index is 12.8. The average Bonchev–Trinajstić information content (AvgIpc) is 2.68. The van der Waals surface area contributed by atoms with Crippen LogP contribution in [0.15, 0.2) is 53.6 Å². The topological polar surface area (TPSA) is 109 Å². The lowest BCUT2D eigenvalue weighted by atomic mass is 10.2. The maximum absolute atomic E-state index is 12.8. The van der Waals surface area contributed by atoms with E-state index in [9.17, 15) is 18.8 Å². The maximum Gasteiger partial charge on any atom is 0.329 e. The second-order valence-electron chi connectivity index (χ2n) is 5.19. The summed E-state index contributed by atoms with van der Waals surface area (Å²) in [5.74, 6) is -2.09. The molecule has 0 saturated heterocycles. The summed E-state index contributed by atoms with van der Waals surface area (Å²) in [6.07, 6.45) is 1.33. The molecule has 0 atom stereocenters. The van der Waals surface area contributed by atoms with Crippen LogP contribution in [0.2, 0.25) is 0 Å². The van der Waals surface area contributed by atoms with Crippen LogP contribution in [0, 0.1) is 5.82 Å². The van der Waals surface area contributed by atoms with Gasteiger partial charge in [0.25, 0.3) is 5.91 Å². The summed E-state index contributed by atoms with van der Waals surface area (Å²) in [6.45, 7) is -0.245. The van der Waals surface area contributed by atoms with Crippen LogP contribution in [0.3, 0.4) is 0 Å². The van der Waals surface area contributed by atoms with Gasteiger partial charge in [-0.15, -0.1) is 0 Å². The van der Waals surface area contributed by atoms with Crippen LogP contribution in [0.1, 0.15) is 5.56 Å². The third-order valence-electron chi connectivity index (χ3n) is 3.17. The van der Waals surface area contributed by atoms with Crippen LogP contribution in [-0.2, 0) is 14.4 Å². The molecule has 9 heteroatoms. The molecule has 0 unspecified atom stereocenters. The van der Waals surface area contributed by atoms with Gasteiger partial charge in [-0.05, 0) is 42.0 Å². The number of likely N-dealkylation sites (N-methyl/N-ethyl adjacent to an activating group) is 1. The third kappa shape index (κ3) is 6.58. The monoisotopic (exact) mass is 372 g/mol. The highest BCUT2D eigenvalue weighted by Gasteiger charge is 2.09. The Morgan fingerprint density at radius 1 is 1.11 bits per heavy atom. The molecule has 0 saturated carbocycles. The zero-order valence-corrected chi connectivity index (χ0v) is 14.4. The average molecular weight is 372 g/mol. The zero-order valence-electron chi connectivity index (χ0n) is 14.4. The van der Waals surface area contributed by atoms with Gasteiger partial charge in [0.2, 0.25) is 0 Å². The molecule has 0 spiro atoms. The van der Waals surface area contributed by atoms with Gasteiger partial charge in [-0.2, -0.15) is 5.10 Å². The Hall–Kier alpha value is -3.75. The number of ether oxygens (including phenoxy) is 1. The molecule has 0 aliphatic carbocycles. The molecule has 140 valence electrons. The van der Waals surface area contributed by atoms with Gasteiger partial charge in [-0.25, -0.2) is 9.82 Å². The molecule has 0 aliphatic rings. The summed E-state index contributed by atoms with van der Waals surface area (Å²) < 4.78 is 18.2. The molecule has 0 aliphatic heterocycles. The van der Waals surface area contributed by atoms with Crippen molar-refractivity contribution in [3.8, 4) is 5.75 Å². The molecule has 2 aromatic rings. The number of carbonyl (C=O) groups is 3. The molecule has 0 radical (unpaired) electrons. The summed E-state index contributed by atoms with van der Waals surface area (Å²) in [5, 5.41) is 8.40. The number of hydrogen-bond acceptors (Lipinski definition) is 5. The fourth-order valence-corrected chi connectivity index (χ4v) is 1.89. The molecule has 0 bridgehead atoms. The highest BCUT2D eigenvalue weighted by atomic mass is 19.1. The Morgan fingerprint density at radius 3 is 2.56 bits per heavy atom. The van der Waals surface area contributed by atoms with Crippen LogP contribution < -0.4 is 20.8 Å². The minimum absolute atomic E-state index is 0.245. The van der Waals surface area contributed by atoms with E-state index in [4.69, 9.17) is 4.74 Å². The van der Waals surface area contributed by atoms with E-state index in [1.807, 2.05) is 0 Å². The number of hydrogen-bond donors (Lipinski definition) is 3. The number of rotatable bonds is 6. The van der Waals surface area contributed by atoms with Gasteiger partial charge in [0.05, 0.1) is 6.21 Å². The second-order valence-corrected chi connectivity index (χ2v) is 5.19. The highest BCUT2D eigenvalue weighted by Crippen LogP contribution is 2.13. The highest BCUT2D eigenvalue weighted by molar-refractivity contribution is 6.34. The first kappa shape index (κ1) is 19.6. The molecule has 3 N–H and O–H groups in total. The first-order valence-electron chi connectivity index (χ1n) is 7.81. The summed E-state index contributed by atoms with van der Waals surface area (Å²) in [6, 6.07) is 12.0. The van der Waals surface area contributed by atoms with Gasteiger partial charge in [0, 0.05) is 12.7 Å². The SMILES string of the molecule is CNC(=O)C(=O)N/N=C\c1cccc(OCC(=O)Nc2ccc(F)cc2)c1. The Kier molecular flexibility index (Phi) is 7.00. The summed E-state index contributed by atoms with van der Waals surface area (Å²) >= 11 is 0. The second kappa shape index (κ2) is 9.66. The summed E-state index contributed by atoms with van der Waals surface area (Å²) in [5.41, 5.74) is 3.11. The molecular weight excluding hydrogens is 355 g/mol. The lowest BCUT2D eigenvalue weighted by Crippen LogP contribution is -2.35. The van der Waals surface area contributed by atoms with Crippen molar-refractivity contribution in [1.82, 2.24) is 10.7 Å². The van der Waals surface area contributed by atoms with E-state index in [1.165, 1.54) is 37.5 Å². The Labute approximate surface area is 154 Å². The van der Waals surface area contributed by atoms with Gasteiger partial charge in [-0.1, -0.05) is 12.1 Å². The number of halogens is 1. The lowest BCUT2D eigenvalue weighted by Gasteiger charge is -2.08. The number of carbonyl (C=O) groups excluding carboxylic acids is 3. The van der Waals surface area contributed by atoms with Crippen LogP contribution in [0.25, 0.3) is 0 Å². The van der Waals surface area contributed by atoms with Crippen LogP contribution in [0.4, 0.5) is 10.1 Å². The third-order valence-corrected chi connectivity index (χ3v) is 3.17. The first-order valence-corrected chi connectivity index (χ1v) is 7.81. The summed E-state index contributed by atoms with van der Waals surface area (Å²) in [4.78, 5) is 34.1. The number of hydrazone groups is 1. The normalized spacial score (nSPS) is 10.3. The van der Waals surface area contributed by atoms with E-state index in [-0.39, 0.29) is 6.61 Å². The Morgan fingerprint density at radius 2 is 1.85 bits per heavy atom. The van der Waals surface area contributed by atoms with Gasteiger partial charge in [0.15, 0.2) is 6.61 Å². The number of amides is 3. The van der Waals surface area contributed by atoms with Crippen molar-refractivity contribution in [3.05, 3.63) is 59.9 Å². The van der Waals surface area contributed by atoms with Gasteiger partial charge >= 0.3 is 11.8 Å². The minimum Gasteiger partial charge on any atom is -0.484 e. The largest absolute Gasteiger partial charge is 0.484 e. The molecule has 2 rings (SSSR count). The predicted molar refractivity (Wildman–Crippen MR) is 96.8 cm³/mol. The van der Waals surface area contributed by atoms with E-state index in [0.717, 1.165) is 0 Å². The van der Waals surface area contributed by atoms with Crippen LogP contribution in [0.5, 0.6) is 5.75 Å². The number of benzene rings is 2. The fourth-order valence-electron chi connectivity index (χ4n) is 1.89. The van der Waals surface area contributed by atoms with Crippen molar-refractivity contribution in [2.45, 2.75) is 0 Å². The number of anilines is 1. The predicted octanol–water partition coefficient (Wildman–Crippen LogP) is 1.04. The molecule has 0 heterocycles. The van der Waals surface area contributed by atoms with Crippen molar-refractivity contribution in [2.24, 2.45) is 5.10 Å². The molecule has 0 fully saturated rings. The minimum atomic E-state index is -0.890. The Balaban J connectivity index is 1.85. The van der Waals surface area contributed by atoms with Crippen molar-refractivity contribution in [2.75, 3.05) is 19.0 Å². The molecular formula is C18H17FN4O4. The quantitative estimate of drug-likeness (QED) is 0.400. The van der Waals surface area contributed by atoms with E-state index in [2.05, 4.69) is 21.2 Å². The Bertz CT molecular complexity index is 853. The molecule has 2 aromatic carbocycles. The van der Waals surface area contributed by atoms with Crippen molar-refractivity contribution < 1.29 is 23.5 Å². The standard InChI is InChI=1S/C18H17FN4O4/c1-20-17(25)18(26)23-21-10-12-3-2-4-15(9-12)27-11-16(24)22-14-7-5-13(19)6-8-14/h2-10H,11H2,1H3,(H,20,25)(H,22,24)(H,23,26)/b21-10-. The molecule has 3 amide bonds. The number of nitrogens with zero attached hydrogens (tertiary/aromatic N) is 1. The van der Waals surface area contributed by atoms with Crippen molar-refractivity contribution >= 4 is 29.6 Å². The zero-order chi connectivity index (χ0) is 19.6.